The first-order chi connectivity index (χ1) is 6.74. The molecule has 0 amide bonds. The van der Waals surface area contributed by atoms with Gasteiger partial charge in [-0.05, 0) is 29.9 Å². The molecule has 0 radical (unpaired) electrons. The van der Waals surface area contributed by atoms with Gasteiger partial charge in [0.1, 0.15) is 5.60 Å². The summed E-state index contributed by atoms with van der Waals surface area (Å²) in [4.78, 5) is 1.17. The van der Waals surface area contributed by atoms with E-state index < -0.39 is 5.60 Å². The van der Waals surface area contributed by atoms with E-state index in [4.69, 9.17) is 0 Å². The van der Waals surface area contributed by atoms with Gasteiger partial charge in [0.2, 0.25) is 0 Å². The van der Waals surface area contributed by atoms with E-state index in [1.165, 1.54) is 14.3 Å². The second-order valence-electron chi connectivity index (χ2n) is 3.99. The Kier molecular flexibility index (Phi) is 1.79. The van der Waals surface area contributed by atoms with E-state index in [1.54, 1.807) is 22.7 Å². The van der Waals surface area contributed by atoms with Crippen LogP contribution in [-0.4, -0.2) is 5.11 Å². The Balaban J connectivity index is 2.03. The van der Waals surface area contributed by atoms with E-state index in [1.807, 2.05) is 0 Å². The van der Waals surface area contributed by atoms with E-state index in [0.29, 0.717) is 5.92 Å². The van der Waals surface area contributed by atoms with Crippen LogP contribution in [0.5, 0.6) is 0 Å². The first kappa shape index (κ1) is 8.89. The molecule has 1 N–H and O–H groups in total. The van der Waals surface area contributed by atoms with Crippen LogP contribution < -0.4 is 0 Å². The summed E-state index contributed by atoms with van der Waals surface area (Å²) in [5.74, 6) is 0.496. The van der Waals surface area contributed by atoms with Crippen LogP contribution in [0, 0.1) is 5.92 Å². The summed E-state index contributed by atoms with van der Waals surface area (Å²) in [6.45, 7) is 2.15. The maximum atomic E-state index is 10.3. The number of fused-ring (bicyclic) bond motifs is 1. The van der Waals surface area contributed by atoms with Crippen LogP contribution in [0.2, 0.25) is 0 Å². The SMILES string of the molecule is CCC1CC1(O)c1cc2sccc2s1. The van der Waals surface area contributed by atoms with Gasteiger partial charge in [-0.3, -0.25) is 0 Å². The molecule has 0 bridgehead atoms. The molecule has 2 aromatic rings. The van der Waals surface area contributed by atoms with Gasteiger partial charge >= 0.3 is 0 Å². The van der Waals surface area contributed by atoms with Gasteiger partial charge in [-0.1, -0.05) is 13.3 Å². The average Bonchev–Trinajstić information content (AvgIpc) is 2.55. The smallest absolute Gasteiger partial charge is 0.102 e. The van der Waals surface area contributed by atoms with Crippen molar-refractivity contribution in [1.82, 2.24) is 0 Å². The molecular weight excluding hydrogens is 212 g/mol. The number of thiophene rings is 2. The average molecular weight is 224 g/mol. The number of aliphatic hydroxyl groups is 1. The van der Waals surface area contributed by atoms with Crippen molar-refractivity contribution in [3.05, 3.63) is 22.4 Å². The van der Waals surface area contributed by atoms with Crippen molar-refractivity contribution >= 4 is 32.1 Å². The number of hydrogen-bond acceptors (Lipinski definition) is 3. The van der Waals surface area contributed by atoms with Crippen molar-refractivity contribution in [2.45, 2.75) is 25.4 Å². The lowest BCUT2D eigenvalue weighted by Gasteiger charge is -2.05. The number of hydrogen-bond donors (Lipinski definition) is 1. The minimum atomic E-state index is -0.474. The molecule has 1 fully saturated rings. The first-order valence-electron chi connectivity index (χ1n) is 4.94. The Labute approximate surface area is 91.0 Å². The summed E-state index contributed by atoms with van der Waals surface area (Å²) in [6, 6.07) is 4.31. The minimum Gasteiger partial charge on any atom is -0.384 e. The van der Waals surface area contributed by atoms with Crippen LogP contribution in [0.1, 0.15) is 24.6 Å². The highest BCUT2D eigenvalue weighted by Crippen LogP contribution is 2.56. The van der Waals surface area contributed by atoms with Crippen LogP contribution in [0.3, 0.4) is 0 Å². The third-order valence-corrected chi connectivity index (χ3v) is 5.39. The fraction of sp³-hybridized carbons (Fsp3) is 0.455. The zero-order valence-electron chi connectivity index (χ0n) is 7.99. The molecule has 1 aliphatic carbocycles. The van der Waals surface area contributed by atoms with Crippen molar-refractivity contribution in [3.63, 3.8) is 0 Å². The molecule has 3 heteroatoms. The maximum Gasteiger partial charge on any atom is 0.102 e. The topological polar surface area (TPSA) is 20.2 Å². The molecule has 74 valence electrons. The van der Waals surface area contributed by atoms with Crippen molar-refractivity contribution in [2.75, 3.05) is 0 Å². The van der Waals surface area contributed by atoms with E-state index in [-0.39, 0.29) is 0 Å². The van der Waals surface area contributed by atoms with Crippen molar-refractivity contribution in [1.29, 1.82) is 0 Å². The molecule has 2 unspecified atom stereocenters. The highest BCUT2D eigenvalue weighted by Gasteiger charge is 2.53. The van der Waals surface area contributed by atoms with Gasteiger partial charge in [0, 0.05) is 14.3 Å². The lowest BCUT2D eigenvalue weighted by atomic mass is 10.2. The maximum absolute atomic E-state index is 10.3. The summed E-state index contributed by atoms with van der Waals surface area (Å²) in [5, 5.41) is 12.4. The molecule has 0 aliphatic heterocycles. The Morgan fingerprint density at radius 1 is 1.57 bits per heavy atom. The van der Waals surface area contributed by atoms with E-state index in [2.05, 4.69) is 24.4 Å². The van der Waals surface area contributed by atoms with Gasteiger partial charge in [-0.15, -0.1) is 22.7 Å². The summed E-state index contributed by atoms with van der Waals surface area (Å²) in [6.07, 6.45) is 2.04. The van der Waals surface area contributed by atoms with E-state index in [9.17, 15) is 5.11 Å². The van der Waals surface area contributed by atoms with E-state index >= 15 is 0 Å². The Hall–Kier alpha value is -0.380. The lowest BCUT2D eigenvalue weighted by Crippen LogP contribution is -2.05. The molecule has 1 nitrogen and oxygen atoms in total. The molecule has 2 atom stereocenters. The standard InChI is InChI=1S/C11H12OS2/c1-2-7-6-11(7,12)10-5-9-8(14-10)3-4-13-9/h3-5,7,12H,2,6H2,1H3. The lowest BCUT2D eigenvalue weighted by molar-refractivity contribution is 0.134. The van der Waals surface area contributed by atoms with Crippen molar-refractivity contribution in [3.8, 4) is 0 Å². The van der Waals surface area contributed by atoms with Gasteiger partial charge in [0.05, 0.1) is 0 Å². The molecule has 1 aliphatic rings. The van der Waals surface area contributed by atoms with Gasteiger partial charge in [0.15, 0.2) is 0 Å². The van der Waals surface area contributed by atoms with Crippen LogP contribution in [-0.2, 0) is 5.60 Å². The fourth-order valence-corrected chi connectivity index (χ4v) is 4.37. The Bertz CT molecular complexity index is 442. The number of rotatable bonds is 2. The third-order valence-electron chi connectivity index (χ3n) is 3.13. The first-order valence-corrected chi connectivity index (χ1v) is 6.63. The minimum absolute atomic E-state index is 0.474. The summed E-state index contributed by atoms with van der Waals surface area (Å²) in [7, 11) is 0. The molecule has 1 saturated carbocycles. The van der Waals surface area contributed by atoms with Crippen LogP contribution in [0.25, 0.3) is 9.40 Å². The molecule has 3 rings (SSSR count). The van der Waals surface area contributed by atoms with Gasteiger partial charge in [-0.25, -0.2) is 0 Å². The van der Waals surface area contributed by atoms with Gasteiger partial charge < -0.3 is 5.11 Å². The van der Waals surface area contributed by atoms with Gasteiger partial charge in [0.25, 0.3) is 0 Å². The molecule has 2 heterocycles. The molecule has 0 spiro atoms. The predicted molar refractivity (Wildman–Crippen MR) is 62.0 cm³/mol. The zero-order valence-corrected chi connectivity index (χ0v) is 9.62. The summed E-state index contributed by atoms with van der Waals surface area (Å²) >= 11 is 3.51. The third kappa shape index (κ3) is 1.09. The van der Waals surface area contributed by atoms with Crippen LogP contribution in [0.15, 0.2) is 17.5 Å². The monoisotopic (exact) mass is 224 g/mol. The normalized spacial score (nSPS) is 31.1. The quantitative estimate of drug-likeness (QED) is 0.826. The highest BCUT2D eigenvalue weighted by molar-refractivity contribution is 7.27. The largest absolute Gasteiger partial charge is 0.384 e. The van der Waals surface area contributed by atoms with Crippen molar-refractivity contribution < 1.29 is 5.11 Å². The van der Waals surface area contributed by atoms with Crippen molar-refractivity contribution in [2.24, 2.45) is 5.92 Å². The Morgan fingerprint density at radius 3 is 3.07 bits per heavy atom. The molecule has 2 aromatic heterocycles. The summed E-state index contributed by atoms with van der Waals surface area (Å²) < 4.78 is 2.64. The molecular formula is C11H12OS2. The molecule has 0 aromatic carbocycles. The molecule has 0 saturated heterocycles. The second kappa shape index (κ2) is 2.81. The fourth-order valence-electron chi connectivity index (χ4n) is 2.08. The highest BCUT2D eigenvalue weighted by atomic mass is 32.1. The second-order valence-corrected chi connectivity index (χ2v) is 6.02. The Morgan fingerprint density at radius 2 is 2.43 bits per heavy atom. The predicted octanol–water partition coefficient (Wildman–Crippen LogP) is 3.58. The van der Waals surface area contributed by atoms with Gasteiger partial charge in [-0.2, -0.15) is 0 Å². The van der Waals surface area contributed by atoms with E-state index in [0.717, 1.165) is 12.8 Å². The zero-order chi connectivity index (χ0) is 9.76. The van der Waals surface area contributed by atoms with Crippen LogP contribution >= 0.6 is 22.7 Å². The molecule has 14 heavy (non-hydrogen) atoms. The summed E-state index contributed by atoms with van der Waals surface area (Å²) in [5.41, 5.74) is -0.474. The van der Waals surface area contributed by atoms with Crippen LogP contribution in [0.4, 0.5) is 0 Å².